The van der Waals surface area contributed by atoms with Crippen LogP contribution in [0.3, 0.4) is 0 Å². The molecule has 1 aliphatic heterocycles. The molecule has 1 aliphatic rings. The summed E-state index contributed by atoms with van der Waals surface area (Å²) >= 11 is 1.03. The molecule has 0 saturated carbocycles. The molecule has 0 bridgehead atoms. The zero-order valence-corrected chi connectivity index (χ0v) is 23.9. The van der Waals surface area contributed by atoms with E-state index >= 15 is 0 Å². The average molecular weight is 546 g/mol. The Morgan fingerprint density at radius 2 is 1.50 bits per heavy atom. The lowest BCUT2D eigenvalue weighted by Gasteiger charge is -2.13. The van der Waals surface area contributed by atoms with Gasteiger partial charge in [0.15, 0.2) is 16.7 Å². The van der Waals surface area contributed by atoms with Crippen molar-refractivity contribution < 1.29 is 23.8 Å². The van der Waals surface area contributed by atoms with Gasteiger partial charge in [0.05, 0.1) is 31.4 Å². The number of unbranched alkanes of at least 4 members (excludes halogenated alkanes) is 10. The number of rotatable bonds is 19. The van der Waals surface area contributed by atoms with E-state index in [-0.39, 0.29) is 4.91 Å². The minimum absolute atomic E-state index is 0.211. The van der Waals surface area contributed by atoms with Crippen molar-refractivity contribution >= 4 is 35.0 Å². The fraction of sp³-hybridized carbons (Fsp3) is 0.586. The van der Waals surface area contributed by atoms with Crippen LogP contribution in [0.15, 0.2) is 39.4 Å². The van der Waals surface area contributed by atoms with Crippen LogP contribution in [0.4, 0.5) is 0 Å². The Morgan fingerprint density at radius 3 is 2.13 bits per heavy atom. The summed E-state index contributed by atoms with van der Waals surface area (Å²) < 4.78 is 16.7. The van der Waals surface area contributed by atoms with Crippen LogP contribution in [0.25, 0.3) is 0 Å². The van der Waals surface area contributed by atoms with Crippen LogP contribution in [0, 0.1) is 0 Å². The van der Waals surface area contributed by atoms with Crippen molar-refractivity contribution in [1.29, 1.82) is 0 Å². The Kier molecular flexibility index (Phi) is 15.9. The van der Waals surface area contributed by atoms with Crippen LogP contribution in [-0.2, 0) is 14.3 Å². The minimum Gasteiger partial charge on any atom is -0.490 e. The first-order chi connectivity index (χ1) is 18.6. The van der Waals surface area contributed by atoms with Gasteiger partial charge in [-0.15, -0.1) is 5.10 Å². The molecule has 1 heterocycles. The highest BCUT2D eigenvalue weighted by atomic mass is 32.2. The summed E-state index contributed by atoms with van der Waals surface area (Å²) in [5, 5.41) is 11.0. The summed E-state index contributed by atoms with van der Waals surface area (Å²) in [5.41, 5.74) is 0.805. The number of thioether (sulfide) groups is 1. The fourth-order valence-electron chi connectivity index (χ4n) is 3.76. The lowest BCUT2D eigenvalue weighted by atomic mass is 10.1. The predicted molar refractivity (Wildman–Crippen MR) is 155 cm³/mol. The molecule has 38 heavy (non-hydrogen) atoms. The Morgan fingerprint density at radius 1 is 0.895 bits per heavy atom. The number of esters is 1. The van der Waals surface area contributed by atoms with Crippen molar-refractivity contribution in [2.45, 2.75) is 90.9 Å². The highest BCUT2D eigenvalue weighted by Crippen LogP contribution is 2.29. The summed E-state index contributed by atoms with van der Waals surface area (Å²) in [6.45, 7) is 5.75. The minimum atomic E-state index is -0.598. The van der Waals surface area contributed by atoms with Crippen molar-refractivity contribution in [2.75, 3.05) is 20.3 Å². The molecule has 0 aromatic heterocycles. The third kappa shape index (κ3) is 12.6. The van der Waals surface area contributed by atoms with Crippen LogP contribution in [0.2, 0.25) is 0 Å². The highest BCUT2D eigenvalue weighted by molar-refractivity contribution is 8.18. The molecule has 0 spiro atoms. The lowest BCUT2D eigenvalue weighted by Crippen LogP contribution is -2.19. The van der Waals surface area contributed by atoms with Crippen molar-refractivity contribution in [3.05, 3.63) is 34.7 Å². The molecule has 1 saturated heterocycles. The maximum Gasteiger partial charge on any atom is 0.331 e. The third-order valence-electron chi connectivity index (χ3n) is 5.94. The monoisotopic (exact) mass is 545 g/mol. The predicted octanol–water partition coefficient (Wildman–Crippen LogP) is 6.78. The standard InChI is InChI=1S/C29H43N3O5S/c1-4-6-8-10-12-14-18-36-24-17-16-23(20-25(24)37-19-15-13-11-9-7-5-2)22-30-32-29-31-28(34)26(38-29)21-27(33)35-3/h16-17,20-22H,4-15,18-19H2,1-3H3,(H,31,32,34)/b26-21+,30-22?. The summed E-state index contributed by atoms with van der Waals surface area (Å²) in [6, 6.07) is 5.71. The number of nitrogens with zero attached hydrogens (tertiary/aromatic N) is 2. The normalized spacial score (nSPS) is 15.4. The van der Waals surface area contributed by atoms with Crippen molar-refractivity contribution in [3.63, 3.8) is 0 Å². The molecule has 9 heteroatoms. The molecule has 8 nitrogen and oxygen atoms in total. The van der Waals surface area contributed by atoms with Gasteiger partial charge in [0.2, 0.25) is 0 Å². The topological polar surface area (TPSA) is 98.6 Å². The van der Waals surface area contributed by atoms with Gasteiger partial charge in [0, 0.05) is 6.08 Å². The molecule has 210 valence electrons. The van der Waals surface area contributed by atoms with Crippen LogP contribution in [0.1, 0.15) is 96.5 Å². The number of hydrogen-bond acceptors (Lipinski definition) is 8. The molecule has 0 unspecified atom stereocenters. The Labute approximate surface area is 231 Å². The van der Waals surface area contributed by atoms with E-state index in [0.29, 0.717) is 24.1 Å². The molecule has 0 atom stereocenters. The summed E-state index contributed by atoms with van der Waals surface area (Å²) in [4.78, 5) is 23.5. The molecule has 1 aromatic carbocycles. The van der Waals surface area contributed by atoms with E-state index in [2.05, 4.69) is 34.1 Å². The second-order valence-electron chi connectivity index (χ2n) is 9.18. The molecule has 0 radical (unpaired) electrons. The third-order valence-corrected chi connectivity index (χ3v) is 6.84. The maximum absolute atomic E-state index is 12.0. The van der Waals surface area contributed by atoms with Crippen molar-refractivity contribution in [1.82, 2.24) is 5.32 Å². The fourth-order valence-corrected chi connectivity index (χ4v) is 4.49. The number of nitrogens with one attached hydrogen (secondary N) is 1. The van der Waals surface area contributed by atoms with Crippen LogP contribution in [0.5, 0.6) is 11.5 Å². The molecule has 1 aromatic rings. The summed E-state index contributed by atoms with van der Waals surface area (Å²) in [7, 11) is 1.26. The lowest BCUT2D eigenvalue weighted by molar-refractivity contribution is -0.135. The van der Waals surface area contributed by atoms with Gasteiger partial charge in [-0.1, -0.05) is 78.1 Å². The molecular weight excluding hydrogens is 502 g/mol. The quantitative estimate of drug-likeness (QED) is 0.0677. The van der Waals surface area contributed by atoms with E-state index in [0.717, 1.165) is 48.4 Å². The first-order valence-corrected chi connectivity index (χ1v) is 14.7. The number of amides is 1. The second-order valence-corrected chi connectivity index (χ2v) is 10.2. The van der Waals surface area contributed by atoms with Gasteiger partial charge in [0.25, 0.3) is 5.91 Å². The maximum atomic E-state index is 12.0. The van der Waals surface area contributed by atoms with Crippen LogP contribution >= 0.6 is 11.8 Å². The largest absolute Gasteiger partial charge is 0.490 e. The number of amidine groups is 1. The highest BCUT2D eigenvalue weighted by Gasteiger charge is 2.25. The molecule has 1 amide bonds. The molecular formula is C29H43N3O5S. The number of hydrogen-bond donors (Lipinski definition) is 1. The molecule has 2 rings (SSSR count). The number of methoxy groups -OCH3 is 1. The zero-order valence-electron chi connectivity index (χ0n) is 23.1. The van der Waals surface area contributed by atoms with Gasteiger partial charge in [-0.05, 0) is 48.4 Å². The summed E-state index contributed by atoms with van der Waals surface area (Å²) in [5.74, 6) is 0.434. The van der Waals surface area contributed by atoms with E-state index < -0.39 is 11.9 Å². The number of carbonyl (C=O) groups excluding carboxylic acids is 2. The number of benzene rings is 1. The van der Waals surface area contributed by atoms with Gasteiger partial charge in [-0.2, -0.15) is 5.10 Å². The van der Waals surface area contributed by atoms with Crippen LogP contribution in [-0.4, -0.2) is 43.6 Å². The Hall–Kier alpha value is -2.81. The number of carbonyl (C=O) groups is 2. The van der Waals surface area contributed by atoms with E-state index in [9.17, 15) is 9.59 Å². The van der Waals surface area contributed by atoms with E-state index in [1.165, 1.54) is 64.9 Å². The average Bonchev–Trinajstić information content (AvgIpc) is 3.26. The van der Waals surface area contributed by atoms with Gasteiger partial charge in [-0.25, -0.2) is 4.79 Å². The van der Waals surface area contributed by atoms with Crippen molar-refractivity contribution in [2.24, 2.45) is 10.2 Å². The molecule has 1 fully saturated rings. The van der Waals surface area contributed by atoms with Crippen molar-refractivity contribution in [3.8, 4) is 11.5 Å². The number of ether oxygens (including phenoxy) is 3. The first kappa shape index (κ1) is 31.4. The van der Waals surface area contributed by atoms with Gasteiger partial charge >= 0.3 is 5.97 Å². The Balaban J connectivity index is 1.97. The van der Waals surface area contributed by atoms with Gasteiger partial charge < -0.3 is 14.2 Å². The van der Waals surface area contributed by atoms with Gasteiger partial charge in [0.1, 0.15) is 0 Å². The molecule has 1 N–H and O–H groups in total. The SMILES string of the molecule is CCCCCCCCOc1ccc(C=N/N=C2/NC(=O)/C(=C\C(=O)OC)S2)cc1OCCCCCCCC. The van der Waals surface area contributed by atoms with E-state index in [1.54, 1.807) is 6.21 Å². The van der Waals surface area contributed by atoms with Crippen LogP contribution < -0.4 is 14.8 Å². The van der Waals surface area contributed by atoms with E-state index in [1.807, 2.05) is 18.2 Å². The smallest absolute Gasteiger partial charge is 0.331 e. The summed E-state index contributed by atoms with van der Waals surface area (Å²) in [6.07, 6.45) is 17.2. The first-order valence-electron chi connectivity index (χ1n) is 13.9. The zero-order chi connectivity index (χ0) is 27.4. The van der Waals surface area contributed by atoms with Gasteiger partial charge in [-0.3, -0.25) is 10.1 Å². The van der Waals surface area contributed by atoms with E-state index in [4.69, 9.17) is 9.47 Å². The Bertz CT molecular complexity index is 962. The second kappa shape index (κ2) is 19.3. The molecule has 0 aliphatic carbocycles.